The van der Waals surface area contributed by atoms with Gasteiger partial charge in [-0.15, -0.1) is 23.2 Å². The Labute approximate surface area is 119 Å². The monoisotopic (exact) mass is 309 g/mol. The van der Waals surface area contributed by atoms with Crippen molar-refractivity contribution in [2.45, 2.75) is 24.6 Å². The summed E-state index contributed by atoms with van der Waals surface area (Å²) in [5.41, 5.74) is -0.0318. The maximum Gasteiger partial charge on any atom is 0.216 e. The van der Waals surface area contributed by atoms with E-state index in [9.17, 15) is 8.42 Å². The first-order chi connectivity index (χ1) is 8.47. The van der Waals surface area contributed by atoms with Gasteiger partial charge in [0, 0.05) is 11.8 Å². The SMILES string of the molecule is CCC(CCl)(CCl)NS(=O)(=O)Cc1ccccc1. The van der Waals surface area contributed by atoms with Crippen molar-refractivity contribution >= 4 is 33.2 Å². The molecule has 0 bridgehead atoms. The fourth-order valence-corrected chi connectivity index (χ4v) is 4.12. The summed E-state index contributed by atoms with van der Waals surface area (Å²) in [6.07, 6.45) is 0.550. The number of sulfonamides is 1. The van der Waals surface area contributed by atoms with Crippen molar-refractivity contribution in [3.05, 3.63) is 35.9 Å². The van der Waals surface area contributed by atoms with E-state index >= 15 is 0 Å². The van der Waals surface area contributed by atoms with E-state index in [0.717, 1.165) is 5.56 Å². The van der Waals surface area contributed by atoms with E-state index in [1.165, 1.54) is 0 Å². The third-order valence-corrected chi connectivity index (χ3v) is 5.24. The molecule has 0 atom stereocenters. The zero-order chi connectivity index (χ0) is 13.6. The molecule has 0 aromatic heterocycles. The number of alkyl halides is 2. The molecule has 0 radical (unpaired) electrons. The molecular weight excluding hydrogens is 293 g/mol. The second kappa shape index (κ2) is 6.75. The fourth-order valence-electron chi connectivity index (χ4n) is 1.51. The predicted octanol–water partition coefficient (Wildman–Crippen LogP) is 2.73. The Kier molecular flexibility index (Phi) is 5.92. The summed E-state index contributed by atoms with van der Waals surface area (Å²) >= 11 is 11.6. The molecule has 0 amide bonds. The minimum atomic E-state index is -3.45. The van der Waals surface area contributed by atoms with Gasteiger partial charge in [-0.3, -0.25) is 0 Å². The third kappa shape index (κ3) is 4.43. The minimum Gasteiger partial charge on any atom is -0.212 e. The zero-order valence-corrected chi connectivity index (χ0v) is 12.5. The van der Waals surface area contributed by atoms with Gasteiger partial charge in [-0.1, -0.05) is 37.3 Å². The molecule has 1 N–H and O–H groups in total. The molecule has 0 saturated carbocycles. The summed E-state index contributed by atoms with van der Waals surface area (Å²) in [7, 11) is -3.45. The molecule has 0 heterocycles. The molecule has 3 nitrogen and oxygen atoms in total. The lowest BCUT2D eigenvalue weighted by Gasteiger charge is -2.29. The van der Waals surface area contributed by atoms with Crippen LogP contribution >= 0.6 is 23.2 Å². The van der Waals surface area contributed by atoms with Crippen molar-refractivity contribution in [3.8, 4) is 0 Å². The maximum atomic E-state index is 12.1. The first kappa shape index (κ1) is 15.8. The van der Waals surface area contributed by atoms with Crippen LogP contribution in [0.5, 0.6) is 0 Å². The van der Waals surface area contributed by atoms with Crippen molar-refractivity contribution in [2.24, 2.45) is 0 Å². The Morgan fingerprint density at radius 3 is 2.17 bits per heavy atom. The highest BCUT2D eigenvalue weighted by atomic mass is 35.5. The van der Waals surface area contributed by atoms with Crippen LogP contribution in [0.15, 0.2) is 30.3 Å². The first-order valence-corrected chi connectivity index (χ1v) is 8.36. The lowest BCUT2D eigenvalue weighted by molar-refractivity contribution is 0.449. The molecule has 6 heteroatoms. The van der Waals surface area contributed by atoms with Gasteiger partial charge in [0.25, 0.3) is 0 Å². The molecule has 0 saturated heterocycles. The van der Waals surface area contributed by atoms with Gasteiger partial charge in [-0.25, -0.2) is 13.1 Å². The van der Waals surface area contributed by atoms with Crippen molar-refractivity contribution < 1.29 is 8.42 Å². The van der Waals surface area contributed by atoms with Gasteiger partial charge in [0.05, 0.1) is 11.3 Å². The van der Waals surface area contributed by atoms with Crippen molar-refractivity contribution in [1.29, 1.82) is 0 Å². The van der Waals surface area contributed by atoms with Gasteiger partial charge >= 0.3 is 0 Å². The van der Waals surface area contributed by atoms with Crippen LogP contribution in [0.1, 0.15) is 18.9 Å². The maximum absolute atomic E-state index is 12.1. The Hall–Kier alpha value is -0.290. The summed E-state index contributed by atoms with van der Waals surface area (Å²) in [6, 6.07) is 9.00. The molecule has 0 unspecified atom stereocenters. The molecule has 102 valence electrons. The van der Waals surface area contributed by atoms with E-state index in [2.05, 4.69) is 4.72 Å². The van der Waals surface area contributed by atoms with Gasteiger partial charge in [-0.2, -0.15) is 0 Å². The van der Waals surface area contributed by atoms with Crippen LogP contribution in [0.4, 0.5) is 0 Å². The van der Waals surface area contributed by atoms with E-state index < -0.39 is 15.6 Å². The molecule has 0 aliphatic rings. The van der Waals surface area contributed by atoms with Crippen molar-refractivity contribution in [1.82, 2.24) is 4.72 Å². The van der Waals surface area contributed by atoms with Crippen LogP contribution in [0.3, 0.4) is 0 Å². The number of rotatable bonds is 7. The van der Waals surface area contributed by atoms with Crippen LogP contribution < -0.4 is 4.72 Å². The lowest BCUT2D eigenvalue weighted by Crippen LogP contribution is -2.51. The summed E-state index contributed by atoms with van der Waals surface area (Å²) in [5, 5.41) is 0. The molecule has 18 heavy (non-hydrogen) atoms. The lowest BCUT2D eigenvalue weighted by atomic mass is 10.0. The fraction of sp³-hybridized carbons (Fsp3) is 0.500. The number of benzene rings is 1. The number of nitrogens with one attached hydrogen (secondary N) is 1. The van der Waals surface area contributed by atoms with Crippen LogP contribution in [-0.4, -0.2) is 25.7 Å². The highest BCUT2D eigenvalue weighted by molar-refractivity contribution is 7.88. The zero-order valence-electron chi connectivity index (χ0n) is 10.2. The van der Waals surface area contributed by atoms with Crippen LogP contribution in [-0.2, 0) is 15.8 Å². The summed E-state index contributed by atoms with van der Waals surface area (Å²) in [4.78, 5) is 0. The summed E-state index contributed by atoms with van der Waals surface area (Å²) in [5.74, 6) is 0.241. The molecule has 1 aromatic rings. The van der Waals surface area contributed by atoms with E-state index in [0.29, 0.717) is 6.42 Å². The van der Waals surface area contributed by atoms with E-state index in [4.69, 9.17) is 23.2 Å². The largest absolute Gasteiger partial charge is 0.216 e. The topological polar surface area (TPSA) is 46.2 Å². The predicted molar refractivity (Wildman–Crippen MR) is 76.7 cm³/mol. The minimum absolute atomic E-state index is 0.0661. The first-order valence-electron chi connectivity index (χ1n) is 5.64. The van der Waals surface area contributed by atoms with Gasteiger partial charge in [0.15, 0.2) is 0 Å². The quantitative estimate of drug-likeness (QED) is 0.787. The molecule has 0 aliphatic heterocycles. The second-order valence-corrected chi connectivity index (χ2v) is 6.50. The standard InChI is InChI=1S/C12H17Cl2NO2S/c1-2-12(9-13,10-14)15-18(16,17)8-11-6-4-3-5-7-11/h3-7,15H,2,8-10H2,1H3. The summed E-state index contributed by atoms with van der Waals surface area (Å²) in [6.45, 7) is 1.86. The number of hydrogen-bond acceptors (Lipinski definition) is 2. The van der Waals surface area contributed by atoms with E-state index in [1.807, 2.05) is 13.0 Å². The molecule has 1 aromatic carbocycles. The van der Waals surface area contributed by atoms with Gasteiger partial charge in [-0.05, 0) is 12.0 Å². The van der Waals surface area contributed by atoms with Crippen LogP contribution in [0.2, 0.25) is 0 Å². The molecule has 0 aliphatic carbocycles. The van der Waals surface area contributed by atoms with Crippen LogP contribution in [0, 0.1) is 0 Å². The highest BCUT2D eigenvalue weighted by Gasteiger charge is 2.31. The normalized spacial score (nSPS) is 12.6. The van der Waals surface area contributed by atoms with Gasteiger partial charge in [0.2, 0.25) is 10.0 Å². The Morgan fingerprint density at radius 1 is 1.17 bits per heavy atom. The van der Waals surface area contributed by atoms with Crippen molar-refractivity contribution in [3.63, 3.8) is 0 Å². The number of hydrogen-bond donors (Lipinski definition) is 1. The third-order valence-electron chi connectivity index (χ3n) is 2.76. The average Bonchev–Trinajstić information content (AvgIpc) is 2.37. The van der Waals surface area contributed by atoms with E-state index in [-0.39, 0.29) is 17.5 Å². The highest BCUT2D eigenvalue weighted by Crippen LogP contribution is 2.17. The van der Waals surface area contributed by atoms with Gasteiger partial charge < -0.3 is 0 Å². The molecule has 1 rings (SSSR count). The van der Waals surface area contributed by atoms with Gasteiger partial charge in [0.1, 0.15) is 0 Å². The molecular formula is C12H17Cl2NO2S. The average molecular weight is 310 g/mol. The van der Waals surface area contributed by atoms with Crippen LogP contribution in [0.25, 0.3) is 0 Å². The Balaban J connectivity index is 2.82. The summed E-state index contributed by atoms with van der Waals surface area (Å²) < 4.78 is 26.7. The Bertz CT molecular complexity index is 450. The molecule has 0 spiro atoms. The van der Waals surface area contributed by atoms with E-state index in [1.54, 1.807) is 24.3 Å². The molecule has 0 fully saturated rings. The number of halogens is 2. The Morgan fingerprint density at radius 2 is 1.72 bits per heavy atom. The van der Waals surface area contributed by atoms with Crippen molar-refractivity contribution in [2.75, 3.05) is 11.8 Å². The smallest absolute Gasteiger partial charge is 0.212 e. The second-order valence-electron chi connectivity index (χ2n) is 4.25.